The van der Waals surface area contributed by atoms with Crippen molar-refractivity contribution in [3.63, 3.8) is 0 Å². The maximum absolute atomic E-state index is 12.4. The van der Waals surface area contributed by atoms with E-state index >= 15 is 0 Å². The summed E-state index contributed by atoms with van der Waals surface area (Å²) in [5.74, 6) is -0.700. The van der Waals surface area contributed by atoms with Gasteiger partial charge in [0.1, 0.15) is 0 Å². The van der Waals surface area contributed by atoms with Gasteiger partial charge in [-0.25, -0.2) is 4.79 Å². The number of amides is 1. The van der Waals surface area contributed by atoms with Crippen molar-refractivity contribution >= 4 is 23.6 Å². The van der Waals surface area contributed by atoms with Crippen LogP contribution in [0, 0.1) is 0 Å². The molecule has 28 heavy (non-hydrogen) atoms. The first-order chi connectivity index (χ1) is 13.6. The van der Waals surface area contributed by atoms with E-state index in [4.69, 9.17) is 9.47 Å². The standard InChI is InChI=1S/C21H30N2O4S/c1-28-18-8-4-3-7-17(18)20(25)27-15-19(24)22-16-21(9-5-2-6-10-21)23-11-13-26-14-12-23/h3-4,7-8H,2,5-6,9-16H2,1H3,(H,22,24). The molecule has 1 saturated carbocycles. The SMILES string of the molecule is CSc1ccccc1C(=O)OCC(=O)NCC1(N2CCOCC2)CCCCC1. The predicted octanol–water partition coefficient (Wildman–Crippen LogP) is 2.72. The minimum atomic E-state index is -0.458. The summed E-state index contributed by atoms with van der Waals surface area (Å²) in [5, 5.41) is 3.02. The van der Waals surface area contributed by atoms with Crippen LogP contribution in [0.1, 0.15) is 42.5 Å². The van der Waals surface area contributed by atoms with Crippen molar-refractivity contribution in [1.29, 1.82) is 0 Å². The van der Waals surface area contributed by atoms with Gasteiger partial charge in [-0.15, -0.1) is 11.8 Å². The van der Waals surface area contributed by atoms with Gasteiger partial charge in [-0.3, -0.25) is 9.69 Å². The zero-order valence-electron chi connectivity index (χ0n) is 16.6. The molecule has 0 atom stereocenters. The molecule has 0 aromatic heterocycles. The molecular formula is C21H30N2O4S. The number of thioether (sulfide) groups is 1. The second kappa shape index (κ2) is 10.3. The van der Waals surface area contributed by atoms with Crippen molar-refractivity contribution in [1.82, 2.24) is 10.2 Å². The third-order valence-corrected chi connectivity index (χ3v) is 6.54. The van der Waals surface area contributed by atoms with E-state index in [1.54, 1.807) is 12.1 Å². The summed E-state index contributed by atoms with van der Waals surface area (Å²) >= 11 is 1.49. The molecule has 0 unspecified atom stereocenters. The Balaban J connectivity index is 1.52. The Hall–Kier alpha value is -1.57. The number of hydrogen-bond donors (Lipinski definition) is 1. The molecule has 1 amide bonds. The van der Waals surface area contributed by atoms with Crippen LogP contribution in [-0.4, -0.2) is 68.0 Å². The van der Waals surface area contributed by atoms with Crippen LogP contribution in [0.5, 0.6) is 0 Å². The zero-order chi connectivity index (χ0) is 19.8. The molecule has 1 aliphatic carbocycles. The van der Waals surface area contributed by atoms with Gasteiger partial charge in [0.2, 0.25) is 0 Å². The summed E-state index contributed by atoms with van der Waals surface area (Å²) < 4.78 is 10.8. The van der Waals surface area contributed by atoms with Gasteiger partial charge in [-0.1, -0.05) is 31.4 Å². The normalized spacial score (nSPS) is 19.8. The average molecular weight is 407 g/mol. The second-order valence-corrected chi connectivity index (χ2v) is 8.29. The Morgan fingerprint density at radius 1 is 1.18 bits per heavy atom. The molecule has 0 spiro atoms. The van der Waals surface area contributed by atoms with Crippen LogP contribution in [0.2, 0.25) is 0 Å². The lowest BCUT2D eigenvalue weighted by atomic mass is 9.79. The van der Waals surface area contributed by atoms with Crippen molar-refractivity contribution in [2.24, 2.45) is 0 Å². The van der Waals surface area contributed by atoms with Crippen LogP contribution in [0.3, 0.4) is 0 Å². The molecule has 1 aromatic carbocycles. The monoisotopic (exact) mass is 406 g/mol. The van der Waals surface area contributed by atoms with Crippen LogP contribution in [0.25, 0.3) is 0 Å². The first-order valence-electron chi connectivity index (χ1n) is 10.0. The Kier molecular flexibility index (Phi) is 7.76. The van der Waals surface area contributed by atoms with Crippen LogP contribution in [0.4, 0.5) is 0 Å². The minimum absolute atomic E-state index is 0.00709. The van der Waals surface area contributed by atoms with Crippen LogP contribution >= 0.6 is 11.8 Å². The molecule has 1 N–H and O–H groups in total. The van der Waals surface area contributed by atoms with E-state index in [2.05, 4.69) is 10.2 Å². The van der Waals surface area contributed by atoms with E-state index in [0.29, 0.717) is 12.1 Å². The minimum Gasteiger partial charge on any atom is -0.452 e. The summed E-state index contributed by atoms with van der Waals surface area (Å²) in [6.07, 6.45) is 7.73. The summed E-state index contributed by atoms with van der Waals surface area (Å²) in [7, 11) is 0. The topological polar surface area (TPSA) is 67.9 Å². The highest BCUT2D eigenvalue weighted by molar-refractivity contribution is 7.98. The molecule has 6 nitrogen and oxygen atoms in total. The van der Waals surface area contributed by atoms with E-state index in [0.717, 1.165) is 44.0 Å². The first kappa shape index (κ1) is 21.1. The zero-order valence-corrected chi connectivity index (χ0v) is 17.4. The number of nitrogens with one attached hydrogen (secondary N) is 1. The number of benzene rings is 1. The van der Waals surface area contributed by atoms with Crippen molar-refractivity contribution in [2.45, 2.75) is 42.5 Å². The highest BCUT2D eigenvalue weighted by atomic mass is 32.2. The molecule has 3 rings (SSSR count). The lowest BCUT2D eigenvalue weighted by molar-refractivity contribution is -0.125. The number of carbonyl (C=O) groups is 2. The third kappa shape index (κ3) is 5.27. The van der Waals surface area contributed by atoms with Crippen molar-refractivity contribution in [2.75, 3.05) is 45.7 Å². The molecular weight excluding hydrogens is 376 g/mol. The molecule has 1 aliphatic heterocycles. The summed E-state index contributed by atoms with van der Waals surface area (Å²) in [6.45, 7) is 3.68. The maximum Gasteiger partial charge on any atom is 0.339 e. The van der Waals surface area contributed by atoms with E-state index in [9.17, 15) is 9.59 Å². The molecule has 154 valence electrons. The van der Waals surface area contributed by atoms with Crippen LogP contribution in [0.15, 0.2) is 29.2 Å². The second-order valence-electron chi connectivity index (χ2n) is 7.44. The molecule has 0 bridgehead atoms. The number of nitrogens with zero attached hydrogens (tertiary/aromatic N) is 1. The van der Waals surface area contributed by atoms with Crippen LogP contribution in [-0.2, 0) is 14.3 Å². The van der Waals surface area contributed by atoms with E-state index < -0.39 is 5.97 Å². The third-order valence-electron chi connectivity index (χ3n) is 5.74. The van der Waals surface area contributed by atoms with E-state index in [-0.39, 0.29) is 18.1 Å². The fourth-order valence-electron chi connectivity index (χ4n) is 4.19. The summed E-state index contributed by atoms with van der Waals surface area (Å²) in [5.41, 5.74) is 0.507. The Bertz CT molecular complexity index is 670. The molecule has 1 saturated heterocycles. The Morgan fingerprint density at radius 2 is 1.89 bits per heavy atom. The van der Waals surface area contributed by atoms with Gasteiger partial charge in [0.25, 0.3) is 5.91 Å². The quantitative estimate of drug-likeness (QED) is 0.555. The molecule has 0 radical (unpaired) electrons. The average Bonchev–Trinajstić information content (AvgIpc) is 2.77. The van der Waals surface area contributed by atoms with Crippen molar-refractivity contribution in [3.8, 4) is 0 Å². The number of hydrogen-bond acceptors (Lipinski definition) is 6. The van der Waals surface area contributed by atoms with Crippen molar-refractivity contribution in [3.05, 3.63) is 29.8 Å². The van der Waals surface area contributed by atoms with Crippen LogP contribution < -0.4 is 5.32 Å². The Morgan fingerprint density at radius 3 is 2.61 bits per heavy atom. The Labute approximate surface area is 171 Å². The number of esters is 1. The summed E-state index contributed by atoms with van der Waals surface area (Å²) in [4.78, 5) is 28.0. The molecule has 2 aliphatic rings. The summed E-state index contributed by atoms with van der Waals surface area (Å²) in [6, 6.07) is 7.27. The van der Waals surface area contributed by atoms with Gasteiger partial charge in [-0.05, 0) is 31.2 Å². The molecule has 2 fully saturated rings. The lowest BCUT2D eigenvalue weighted by Crippen LogP contribution is -2.59. The van der Waals surface area contributed by atoms with Gasteiger partial charge in [0.15, 0.2) is 6.61 Å². The fraction of sp³-hybridized carbons (Fsp3) is 0.619. The van der Waals surface area contributed by atoms with Gasteiger partial charge < -0.3 is 14.8 Å². The van der Waals surface area contributed by atoms with Crippen molar-refractivity contribution < 1.29 is 19.1 Å². The fourth-order valence-corrected chi connectivity index (χ4v) is 4.77. The molecule has 1 aromatic rings. The predicted molar refractivity (Wildman–Crippen MR) is 110 cm³/mol. The van der Waals surface area contributed by atoms with E-state index in [1.807, 2.05) is 18.4 Å². The van der Waals surface area contributed by atoms with E-state index in [1.165, 1.54) is 31.0 Å². The smallest absolute Gasteiger partial charge is 0.339 e. The number of rotatable bonds is 7. The van der Waals surface area contributed by atoms with Gasteiger partial charge in [0.05, 0.1) is 18.8 Å². The number of morpholine rings is 1. The van der Waals surface area contributed by atoms with Gasteiger partial charge in [0, 0.05) is 30.1 Å². The number of carbonyl (C=O) groups excluding carboxylic acids is 2. The molecule has 7 heteroatoms. The maximum atomic E-state index is 12.4. The first-order valence-corrected chi connectivity index (χ1v) is 11.3. The highest BCUT2D eigenvalue weighted by Gasteiger charge is 2.38. The van der Waals surface area contributed by atoms with Gasteiger partial charge >= 0.3 is 5.97 Å². The molecule has 1 heterocycles. The number of ether oxygens (including phenoxy) is 2. The largest absolute Gasteiger partial charge is 0.452 e. The lowest BCUT2D eigenvalue weighted by Gasteiger charge is -2.48. The highest BCUT2D eigenvalue weighted by Crippen LogP contribution is 2.33. The van der Waals surface area contributed by atoms with Gasteiger partial charge in [-0.2, -0.15) is 0 Å².